The van der Waals surface area contributed by atoms with E-state index in [2.05, 4.69) is 47.0 Å². The number of nitrogens with zero attached hydrogens (tertiary/aromatic N) is 3. The second-order valence-corrected chi connectivity index (χ2v) is 6.08. The number of hydrogen-bond donors (Lipinski definition) is 1. The number of anilines is 1. The molecular weight excluding hydrogens is 248 g/mol. The molecule has 1 saturated heterocycles. The van der Waals surface area contributed by atoms with E-state index >= 15 is 0 Å². The van der Waals surface area contributed by atoms with E-state index in [1.807, 2.05) is 0 Å². The number of hydrogen-bond acceptors (Lipinski definition) is 4. The number of nitrogens with one attached hydrogen (secondary N) is 1. The van der Waals surface area contributed by atoms with E-state index in [-0.39, 0.29) is 0 Å². The van der Waals surface area contributed by atoms with Crippen molar-refractivity contribution in [3.8, 4) is 0 Å². The van der Waals surface area contributed by atoms with Gasteiger partial charge in [0.2, 0.25) is 0 Å². The Morgan fingerprint density at radius 2 is 2.25 bits per heavy atom. The van der Waals surface area contributed by atoms with Crippen LogP contribution < -0.4 is 10.2 Å². The summed E-state index contributed by atoms with van der Waals surface area (Å²) in [6.45, 7) is 10.1. The molecule has 1 atom stereocenters. The maximum Gasteiger partial charge on any atom is 0.132 e. The Morgan fingerprint density at radius 3 is 2.90 bits per heavy atom. The van der Waals surface area contributed by atoms with Crippen LogP contribution in [0, 0.1) is 5.92 Å². The molecule has 0 amide bonds. The number of aromatic nitrogens is 2. The molecule has 1 unspecified atom stereocenters. The molecule has 1 N–H and O–H groups in total. The Balaban J connectivity index is 2.08. The van der Waals surface area contributed by atoms with Gasteiger partial charge in [-0.2, -0.15) is 0 Å². The fraction of sp³-hybridized carbons (Fsp3) is 0.750. The van der Waals surface area contributed by atoms with E-state index in [0.717, 1.165) is 43.4 Å². The van der Waals surface area contributed by atoms with Crippen LogP contribution in [0.5, 0.6) is 0 Å². The number of piperidine rings is 1. The highest BCUT2D eigenvalue weighted by molar-refractivity contribution is 5.40. The Bertz CT molecular complexity index is 399. The van der Waals surface area contributed by atoms with Gasteiger partial charge in [0.25, 0.3) is 0 Å². The molecule has 0 radical (unpaired) electrons. The number of rotatable bonds is 6. The summed E-state index contributed by atoms with van der Waals surface area (Å²) in [4.78, 5) is 11.3. The van der Waals surface area contributed by atoms with Crippen molar-refractivity contribution in [2.75, 3.05) is 24.5 Å². The molecule has 1 aromatic heterocycles. The molecule has 4 nitrogen and oxygen atoms in total. The molecule has 1 aromatic rings. The summed E-state index contributed by atoms with van der Waals surface area (Å²) in [5.41, 5.74) is 1.16. The SMILES string of the molecule is CCCc1cc(N(CC2CCCNC2)C(C)C)ncn1. The molecule has 1 aliphatic heterocycles. The van der Waals surface area contributed by atoms with Gasteiger partial charge in [-0.1, -0.05) is 13.3 Å². The molecule has 20 heavy (non-hydrogen) atoms. The van der Waals surface area contributed by atoms with Crippen molar-refractivity contribution >= 4 is 5.82 Å². The zero-order chi connectivity index (χ0) is 14.4. The van der Waals surface area contributed by atoms with Crippen LogP contribution in [0.15, 0.2) is 12.4 Å². The van der Waals surface area contributed by atoms with Crippen LogP contribution in [0.2, 0.25) is 0 Å². The summed E-state index contributed by atoms with van der Waals surface area (Å²) in [5, 5.41) is 3.50. The third kappa shape index (κ3) is 4.17. The summed E-state index contributed by atoms with van der Waals surface area (Å²) in [7, 11) is 0. The van der Waals surface area contributed by atoms with Crippen LogP contribution in [0.25, 0.3) is 0 Å². The third-order valence-electron chi connectivity index (χ3n) is 3.99. The highest BCUT2D eigenvalue weighted by Crippen LogP contribution is 2.20. The minimum absolute atomic E-state index is 0.473. The van der Waals surface area contributed by atoms with Crippen LogP contribution in [-0.2, 0) is 6.42 Å². The lowest BCUT2D eigenvalue weighted by Gasteiger charge is -2.33. The van der Waals surface area contributed by atoms with Crippen molar-refractivity contribution in [1.82, 2.24) is 15.3 Å². The lowest BCUT2D eigenvalue weighted by Crippen LogP contribution is -2.41. The molecule has 4 heteroatoms. The Morgan fingerprint density at radius 1 is 1.40 bits per heavy atom. The first kappa shape index (κ1) is 15.2. The topological polar surface area (TPSA) is 41.0 Å². The zero-order valence-electron chi connectivity index (χ0n) is 13.1. The van der Waals surface area contributed by atoms with Gasteiger partial charge >= 0.3 is 0 Å². The van der Waals surface area contributed by atoms with Crippen LogP contribution in [0.3, 0.4) is 0 Å². The maximum absolute atomic E-state index is 4.50. The predicted octanol–water partition coefficient (Wildman–Crippen LogP) is 2.64. The zero-order valence-corrected chi connectivity index (χ0v) is 13.1. The van der Waals surface area contributed by atoms with Crippen LogP contribution >= 0.6 is 0 Å². The van der Waals surface area contributed by atoms with Gasteiger partial charge in [0.05, 0.1) is 0 Å². The van der Waals surface area contributed by atoms with E-state index in [9.17, 15) is 0 Å². The summed E-state index contributed by atoms with van der Waals surface area (Å²) in [6, 6.07) is 2.64. The minimum atomic E-state index is 0.473. The van der Waals surface area contributed by atoms with Gasteiger partial charge in [0, 0.05) is 24.3 Å². The first-order valence-corrected chi connectivity index (χ1v) is 7.99. The Labute approximate surface area is 123 Å². The molecule has 0 aromatic carbocycles. The van der Waals surface area contributed by atoms with Crippen molar-refractivity contribution in [2.24, 2.45) is 5.92 Å². The van der Waals surface area contributed by atoms with E-state index in [0.29, 0.717) is 6.04 Å². The standard InChI is InChI=1S/C16H28N4/c1-4-6-15-9-16(19-12-18-15)20(13(2)3)11-14-7-5-8-17-10-14/h9,12-14,17H,4-8,10-11H2,1-3H3. The van der Waals surface area contributed by atoms with Crippen LogP contribution in [0.1, 0.15) is 45.7 Å². The molecular formula is C16H28N4. The smallest absolute Gasteiger partial charge is 0.132 e. The predicted molar refractivity (Wildman–Crippen MR) is 84.1 cm³/mol. The van der Waals surface area contributed by atoms with Crippen molar-refractivity contribution in [1.29, 1.82) is 0 Å². The molecule has 2 rings (SSSR count). The lowest BCUT2D eigenvalue weighted by atomic mass is 9.98. The lowest BCUT2D eigenvalue weighted by molar-refractivity contribution is 0.370. The van der Waals surface area contributed by atoms with Crippen molar-refractivity contribution < 1.29 is 0 Å². The summed E-state index contributed by atoms with van der Waals surface area (Å²) >= 11 is 0. The molecule has 1 aliphatic rings. The average Bonchev–Trinajstić information content (AvgIpc) is 2.46. The number of aryl methyl sites for hydroxylation is 1. The highest BCUT2D eigenvalue weighted by atomic mass is 15.2. The van der Waals surface area contributed by atoms with Crippen LogP contribution in [-0.4, -0.2) is 35.6 Å². The Kier molecular flexibility index (Phi) is 5.77. The maximum atomic E-state index is 4.50. The first-order chi connectivity index (χ1) is 9.70. The van der Waals surface area contributed by atoms with Gasteiger partial charge in [0.15, 0.2) is 0 Å². The monoisotopic (exact) mass is 276 g/mol. The van der Waals surface area contributed by atoms with Gasteiger partial charge in [-0.05, 0) is 52.1 Å². The average molecular weight is 276 g/mol. The summed E-state index contributed by atoms with van der Waals surface area (Å²) in [6.07, 6.45) is 6.50. The fourth-order valence-corrected chi connectivity index (χ4v) is 2.86. The largest absolute Gasteiger partial charge is 0.354 e. The molecule has 0 spiro atoms. The van der Waals surface area contributed by atoms with Gasteiger partial charge in [-0.3, -0.25) is 0 Å². The van der Waals surface area contributed by atoms with Gasteiger partial charge < -0.3 is 10.2 Å². The van der Waals surface area contributed by atoms with Crippen molar-refractivity contribution in [2.45, 2.75) is 52.5 Å². The Hall–Kier alpha value is -1.16. The van der Waals surface area contributed by atoms with Gasteiger partial charge in [-0.15, -0.1) is 0 Å². The van der Waals surface area contributed by atoms with Gasteiger partial charge in [-0.25, -0.2) is 9.97 Å². The molecule has 0 bridgehead atoms. The first-order valence-electron chi connectivity index (χ1n) is 7.99. The van der Waals surface area contributed by atoms with E-state index < -0.39 is 0 Å². The van der Waals surface area contributed by atoms with Crippen molar-refractivity contribution in [3.63, 3.8) is 0 Å². The molecule has 0 aliphatic carbocycles. The quantitative estimate of drug-likeness (QED) is 0.867. The summed E-state index contributed by atoms with van der Waals surface area (Å²) < 4.78 is 0. The van der Waals surface area contributed by atoms with E-state index in [1.165, 1.54) is 19.4 Å². The van der Waals surface area contributed by atoms with E-state index in [1.54, 1.807) is 6.33 Å². The third-order valence-corrected chi connectivity index (χ3v) is 3.99. The van der Waals surface area contributed by atoms with Crippen LogP contribution in [0.4, 0.5) is 5.82 Å². The van der Waals surface area contributed by atoms with Gasteiger partial charge in [0.1, 0.15) is 12.1 Å². The minimum Gasteiger partial charge on any atom is -0.354 e. The molecule has 1 fully saturated rings. The van der Waals surface area contributed by atoms with E-state index in [4.69, 9.17) is 0 Å². The highest BCUT2D eigenvalue weighted by Gasteiger charge is 2.20. The second kappa shape index (κ2) is 7.58. The molecule has 2 heterocycles. The summed E-state index contributed by atoms with van der Waals surface area (Å²) in [5.74, 6) is 1.82. The molecule has 0 saturated carbocycles. The second-order valence-electron chi connectivity index (χ2n) is 6.08. The fourth-order valence-electron chi connectivity index (χ4n) is 2.86. The van der Waals surface area contributed by atoms with Crippen molar-refractivity contribution in [3.05, 3.63) is 18.1 Å². The molecule has 112 valence electrons. The normalized spacial score (nSPS) is 19.3.